The third-order valence-electron chi connectivity index (χ3n) is 4.58. The molecular weight excluding hydrogens is 477 g/mol. The van der Waals surface area contributed by atoms with Crippen LogP contribution >= 0.6 is 34.5 Å². The molecule has 0 aliphatic rings. The summed E-state index contributed by atoms with van der Waals surface area (Å²) in [5.41, 5.74) is 1.60. The first-order chi connectivity index (χ1) is 14.7. The lowest BCUT2D eigenvalue weighted by atomic mass is 10.2. The minimum Gasteiger partial charge on any atom is -0.298 e. The minimum absolute atomic E-state index is 0.148. The molecule has 0 spiro atoms. The van der Waals surface area contributed by atoms with E-state index in [2.05, 4.69) is 10.3 Å². The maximum absolute atomic E-state index is 12.6. The first-order valence-electron chi connectivity index (χ1n) is 9.51. The average Bonchev–Trinajstić information content (AvgIpc) is 3.21. The average molecular weight is 498 g/mol. The maximum Gasteiger partial charge on any atom is 0.257 e. The van der Waals surface area contributed by atoms with Crippen molar-refractivity contribution in [2.24, 2.45) is 0 Å². The van der Waals surface area contributed by atoms with Gasteiger partial charge < -0.3 is 0 Å². The molecule has 0 saturated heterocycles. The molecule has 0 bridgehead atoms. The number of unbranched alkanes of at least 4 members (excludes halogenated alkanes) is 1. The Morgan fingerprint density at radius 2 is 1.87 bits per heavy atom. The van der Waals surface area contributed by atoms with Crippen molar-refractivity contribution < 1.29 is 13.2 Å². The van der Waals surface area contributed by atoms with Gasteiger partial charge in [-0.15, -0.1) is 11.3 Å². The third kappa shape index (κ3) is 5.64. The van der Waals surface area contributed by atoms with Crippen LogP contribution in [0.2, 0.25) is 10.0 Å². The predicted molar refractivity (Wildman–Crippen MR) is 127 cm³/mol. The fraction of sp³-hybridized carbons (Fsp3) is 0.238. The molecule has 164 valence electrons. The topological polar surface area (TPSA) is 79.4 Å². The van der Waals surface area contributed by atoms with Crippen molar-refractivity contribution in [2.75, 3.05) is 18.9 Å². The van der Waals surface area contributed by atoms with Crippen molar-refractivity contribution in [1.29, 1.82) is 0 Å². The third-order valence-corrected chi connectivity index (χ3v) is 7.77. The van der Waals surface area contributed by atoms with Gasteiger partial charge in [-0.25, -0.2) is 17.7 Å². The van der Waals surface area contributed by atoms with E-state index in [9.17, 15) is 13.2 Å². The van der Waals surface area contributed by atoms with Gasteiger partial charge in [0.05, 0.1) is 15.6 Å². The van der Waals surface area contributed by atoms with Gasteiger partial charge in [0.1, 0.15) is 0 Å². The lowest BCUT2D eigenvalue weighted by Gasteiger charge is -2.16. The van der Waals surface area contributed by atoms with Gasteiger partial charge in [-0.2, -0.15) is 0 Å². The van der Waals surface area contributed by atoms with Crippen LogP contribution in [0.25, 0.3) is 11.3 Å². The van der Waals surface area contributed by atoms with E-state index < -0.39 is 10.0 Å². The smallest absolute Gasteiger partial charge is 0.257 e. The normalized spacial score (nSPS) is 11.6. The van der Waals surface area contributed by atoms with E-state index in [1.54, 1.807) is 30.6 Å². The van der Waals surface area contributed by atoms with Crippen LogP contribution in [0.3, 0.4) is 0 Å². The van der Waals surface area contributed by atoms with Crippen molar-refractivity contribution in [2.45, 2.75) is 24.7 Å². The monoisotopic (exact) mass is 497 g/mol. The summed E-state index contributed by atoms with van der Waals surface area (Å²) in [6.07, 6.45) is 1.69. The number of hydrogen-bond donors (Lipinski definition) is 1. The first-order valence-corrected chi connectivity index (χ1v) is 12.6. The molecule has 31 heavy (non-hydrogen) atoms. The highest BCUT2D eigenvalue weighted by atomic mass is 35.5. The molecule has 1 aromatic heterocycles. The number of rotatable bonds is 8. The fourth-order valence-electron chi connectivity index (χ4n) is 2.78. The Hall–Kier alpha value is -1.97. The number of carbonyl (C=O) groups is 1. The van der Waals surface area contributed by atoms with Gasteiger partial charge in [0.15, 0.2) is 5.13 Å². The largest absolute Gasteiger partial charge is 0.298 e. The fourth-order valence-corrected chi connectivity index (χ4v) is 5.08. The summed E-state index contributed by atoms with van der Waals surface area (Å²) in [5.74, 6) is -0.388. The molecular formula is C21H21Cl2N3O3S2. The number of benzene rings is 2. The highest BCUT2D eigenvalue weighted by molar-refractivity contribution is 7.89. The zero-order valence-electron chi connectivity index (χ0n) is 16.9. The number of aromatic nitrogens is 1. The molecule has 10 heteroatoms. The van der Waals surface area contributed by atoms with E-state index in [0.29, 0.717) is 38.5 Å². The number of nitrogens with zero attached hydrogens (tertiary/aromatic N) is 2. The minimum atomic E-state index is -3.58. The van der Waals surface area contributed by atoms with Crippen LogP contribution in [-0.4, -0.2) is 37.2 Å². The number of hydrogen-bond acceptors (Lipinski definition) is 5. The summed E-state index contributed by atoms with van der Waals surface area (Å²) in [7, 11) is -2.03. The molecule has 3 aromatic rings. The van der Waals surface area contributed by atoms with E-state index in [1.807, 2.05) is 6.92 Å². The second-order valence-corrected chi connectivity index (χ2v) is 10.6. The van der Waals surface area contributed by atoms with Crippen molar-refractivity contribution in [3.63, 3.8) is 0 Å². The number of amides is 1. The standard InChI is InChI=1S/C21H21Cl2N3O3S2/c1-3-4-11-26(2)31(28,29)16-8-5-14(6-9-16)20(27)25-21-24-19(13-30-21)17-12-15(22)7-10-18(17)23/h5-10,12-13H,3-4,11H2,1-2H3,(H,24,25,27). The SMILES string of the molecule is CCCCN(C)S(=O)(=O)c1ccc(C(=O)Nc2nc(-c3cc(Cl)ccc3Cl)cs2)cc1. The van der Waals surface area contributed by atoms with Gasteiger partial charge in [0.25, 0.3) is 5.91 Å². The number of nitrogens with one attached hydrogen (secondary N) is 1. The molecule has 6 nitrogen and oxygen atoms in total. The summed E-state index contributed by atoms with van der Waals surface area (Å²) < 4.78 is 26.5. The molecule has 1 heterocycles. The Kier molecular flexibility index (Phi) is 7.72. The Morgan fingerprint density at radius 3 is 2.55 bits per heavy atom. The van der Waals surface area contributed by atoms with Crippen LogP contribution < -0.4 is 5.32 Å². The molecule has 0 aliphatic heterocycles. The van der Waals surface area contributed by atoms with Gasteiger partial charge in [-0.3, -0.25) is 10.1 Å². The Morgan fingerprint density at radius 1 is 1.16 bits per heavy atom. The predicted octanol–water partition coefficient (Wildman–Crippen LogP) is 5.79. The molecule has 0 atom stereocenters. The van der Waals surface area contributed by atoms with E-state index in [1.165, 1.54) is 39.9 Å². The molecule has 0 saturated carbocycles. The molecule has 1 N–H and O–H groups in total. The number of carbonyl (C=O) groups excluding carboxylic acids is 1. The Bertz CT molecular complexity index is 1180. The van der Waals surface area contributed by atoms with E-state index in [4.69, 9.17) is 23.2 Å². The van der Waals surface area contributed by atoms with Gasteiger partial charge in [-0.05, 0) is 48.9 Å². The number of sulfonamides is 1. The molecule has 2 aromatic carbocycles. The van der Waals surface area contributed by atoms with E-state index in [-0.39, 0.29) is 10.8 Å². The first kappa shape index (κ1) is 23.7. The summed E-state index contributed by atoms with van der Waals surface area (Å²) >= 11 is 13.5. The summed E-state index contributed by atoms with van der Waals surface area (Å²) in [5, 5.41) is 5.94. The Balaban J connectivity index is 1.72. The van der Waals surface area contributed by atoms with Crippen molar-refractivity contribution in [1.82, 2.24) is 9.29 Å². The Labute approximate surface area is 195 Å². The molecule has 0 radical (unpaired) electrons. The van der Waals surface area contributed by atoms with Crippen LogP contribution in [0, 0.1) is 0 Å². The highest BCUT2D eigenvalue weighted by Gasteiger charge is 2.20. The van der Waals surface area contributed by atoms with E-state index >= 15 is 0 Å². The second kappa shape index (κ2) is 10.1. The van der Waals surface area contributed by atoms with Crippen LogP contribution in [0.1, 0.15) is 30.1 Å². The summed E-state index contributed by atoms with van der Waals surface area (Å²) in [6, 6.07) is 10.9. The van der Waals surface area contributed by atoms with Gasteiger partial charge in [0, 0.05) is 35.1 Å². The van der Waals surface area contributed by atoms with Gasteiger partial charge >= 0.3 is 0 Å². The lowest BCUT2D eigenvalue weighted by Crippen LogP contribution is -2.28. The number of thiazole rings is 1. The molecule has 1 amide bonds. The van der Waals surface area contributed by atoms with Crippen molar-refractivity contribution in [3.05, 3.63) is 63.5 Å². The second-order valence-electron chi connectivity index (χ2n) is 6.82. The van der Waals surface area contributed by atoms with Crippen LogP contribution in [0.15, 0.2) is 52.7 Å². The summed E-state index contributed by atoms with van der Waals surface area (Å²) in [6.45, 7) is 2.45. The van der Waals surface area contributed by atoms with Crippen molar-refractivity contribution >= 4 is 55.6 Å². The lowest BCUT2D eigenvalue weighted by molar-refractivity contribution is 0.102. The zero-order chi connectivity index (χ0) is 22.6. The van der Waals surface area contributed by atoms with Gasteiger partial charge in [0.2, 0.25) is 10.0 Å². The molecule has 0 unspecified atom stereocenters. The van der Waals surface area contributed by atoms with E-state index in [0.717, 1.165) is 12.8 Å². The number of halogens is 2. The molecule has 0 aliphatic carbocycles. The molecule has 0 fully saturated rings. The molecule has 3 rings (SSSR count). The van der Waals surface area contributed by atoms with Gasteiger partial charge in [-0.1, -0.05) is 36.5 Å². The summed E-state index contributed by atoms with van der Waals surface area (Å²) in [4.78, 5) is 17.1. The van der Waals surface area contributed by atoms with Crippen LogP contribution in [0.4, 0.5) is 5.13 Å². The maximum atomic E-state index is 12.6. The zero-order valence-corrected chi connectivity index (χ0v) is 20.1. The highest BCUT2D eigenvalue weighted by Crippen LogP contribution is 2.32. The number of anilines is 1. The van der Waals surface area contributed by atoms with Crippen LogP contribution in [0.5, 0.6) is 0 Å². The van der Waals surface area contributed by atoms with Crippen LogP contribution in [-0.2, 0) is 10.0 Å². The van der Waals surface area contributed by atoms with Crippen molar-refractivity contribution in [3.8, 4) is 11.3 Å². The quantitative estimate of drug-likeness (QED) is 0.427.